The molecule has 2 aromatic heterocycles. The van der Waals surface area contributed by atoms with E-state index in [0.717, 1.165) is 29.4 Å². The first-order valence-corrected chi connectivity index (χ1v) is 10.9. The van der Waals surface area contributed by atoms with Gasteiger partial charge in [-0.3, -0.25) is 4.79 Å². The summed E-state index contributed by atoms with van der Waals surface area (Å²) in [7, 11) is 0. The number of nitriles is 1. The number of aliphatic hydroxyl groups excluding tert-OH is 1. The van der Waals surface area contributed by atoms with Gasteiger partial charge in [0.2, 0.25) is 6.35 Å². The molecule has 0 bridgehead atoms. The number of aromatic amines is 1. The minimum atomic E-state index is -1.08. The lowest BCUT2D eigenvalue weighted by molar-refractivity contribution is 0.0728. The van der Waals surface area contributed by atoms with Crippen molar-refractivity contribution in [2.75, 3.05) is 4.90 Å². The normalized spacial score (nSPS) is 17.6. The van der Waals surface area contributed by atoms with Crippen molar-refractivity contribution >= 4 is 22.8 Å². The average molecular weight is 439 g/mol. The summed E-state index contributed by atoms with van der Waals surface area (Å²) < 4.78 is 1.91. The van der Waals surface area contributed by atoms with Gasteiger partial charge in [0.1, 0.15) is 11.6 Å². The van der Waals surface area contributed by atoms with Crippen LogP contribution in [0.4, 0.5) is 5.82 Å². The molecule has 4 aromatic rings. The van der Waals surface area contributed by atoms with Crippen LogP contribution in [-0.2, 0) is 13.0 Å². The number of hydrogen-bond donors (Lipinski definition) is 3. The lowest BCUT2D eigenvalue weighted by Crippen LogP contribution is -2.54. The molecule has 1 aliphatic carbocycles. The van der Waals surface area contributed by atoms with Gasteiger partial charge >= 0.3 is 0 Å². The van der Waals surface area contributed by atoms with E-state index in [1.807, 2.05) is 41.0 Å². The molecule has 1 atom stereocenters. The lowest BCUT2D eigenvalue weighted by atomic mass is 10.2. The maximum atomic E-state index is 13.0. The topological polar surface area (TPSA) is 123 Å². The van der Waals surface area contributed by atoms with Gasteiger partial charge in [-0.25, -0.2) is 9.97 Å². The van der Waals surface area contributed by atoms with Gasteiger partial charge in [-0.1, -0.05) is 30.3 Å². The van der Waals surface area contributed by atoms with E-state index < -0.39 is 6.35 Å². The van der Waals surface area contributed by atoms with Crippen LogP contribution >= 0.6 is 0 Å². The van der Waals surface area contributed by atoms with Gasteiger partial charge in [-0.15, -0.1) is 0 Å². The number of anilines is 1. The molecule has 3 heterocycles. The zero-order valence-electron chi connectivity index (χ0n) is 17.7. The zero-order chi connectivity index (χ0) is 22.5. The Morgan fingerprint density at radius 3 is 2.73 bits per heavy atom. The van der Waals surface area contributed by atoms with Gasteiger partial charge in [-0.05, 0) is 36.6 Å². The summed E-state index contributed by atoms with van der Waals surface area (Å²) in [5.74, 6) is 1.55. The predicted octanol–water partition coefficient (Wildman–Crippen LogP) is 2.26. The van der Waals surface area contributed by atoms with E-state index in [9.17, 15) is 9.90 Å². The van der Waals surface area contributed by atoms with Crippen LogP contribution in [0.3, 0.4) is 0 Å². The molecule has 1 fully saturated rings. The number of nitrogens with one attached hydrogen (secondary N) is 2. The standard InChI is InChI=1S/C24H21N7O2/c25-12-15-6-9-17-18(10-15)27-19(26-17)11-20-28-22-21(30(20)13-14-4-2-1-3-5-14)23(32)29-24(33)31(22)16-7-8-16/h1-6,9-10,16,24,33H,7-8,11,13H2,(H,26,27)(H,29,32). The van der Waals surface area contributed by atoms with Gasteiger partial charge in [0.15, 0.2) is 11.5 Å². The second-order valence-corrected chi connectivity index (χ2v) is 8.46. The summed E-state index contributed by atoms with van der Waals surface area (Å²) in [5.41, 5.74) is 3.60. The minimum Gasteiger partial charge on any atom is -0.356 e. The number of aromatic nitrogens is 4. The summed E-state index contributed by atoms with van der Waals surface area (Å²) in [6, 6.07) is 17.5. The zero-order valence-corrected chi connectivity index (χ0v) is 17.7. The summed E-state index contributed by atoms with van der Waals surface area (Å²) >= 11 is 0. The van der Waals surface area contributed by atoms with Crippen LogP contribution in [0.25, 0.3) is 11.0 Å². The Balaban J connectivity index is 1.45. The van der Waals surface area contributed by atoms with Crippen molar-refractivity contribution in [1.82, 2.24) is 24.8 Å². The molecule has 1 unspecified atom stereocenters. The molecule has 3 N–H and O–H groups in total. The fraction of sp³-hybridized carbons (Fsp3) is 0.250. The van der Waals surface area contributed by atoms with Crippen LogP contribution in [0.2, 0.25) is 0 Å². The monoisotopic (exact) mass is 439 g/mol. The maximum Gasteiger partial charge on any atom is 0.275 e. The molecule has 2 aromatic carbocycles. The van der Waals surface area contributed by atoms with E-state index in [1.165, 1.54) is 0 Å². The number of benzene rings is 2. The molecule has 9 nitrogen and oxygen atoms in total. The van der Waals surface area contributed by atoms with Crippen molar-refractivity contribution in [1.29, 1.82) is 5.26 Å². The Hall–Kier alpha value is -4.16. The highest BCUT2D eigenvalue weighted by Gasteiger charge is 2.43. The van der Waals surface area contributed by atoms with E-state index in [4.69, 9.17) is 10.2 Å². The van der Waals surface area contributed by atoms with Gasteiger partial charge in [0, 0.05) is 12.6 Å². The number of rotatable bonds is 5. The van der Waals surface area contributed by atoms with Crippen molar-refractivity contribution in [2.24, 2.45) is 0 Å². The number of aliphatic hydroxyl groups is 1. The smallest absolute Gasteiger partial charge is 0.275 e. The highest BCUT2D eigenvalue weighted by Crippen LogP contribution is 2.37. The number of amides is 1. The second-order valence-electron chi connectivity index (χ2n) is 8.46. The number of H-pyrrole nitrogens is 1. The van der Waals surface area contributed by atoms with E-state index in [1.54, 1.807) is 17.0 Å². The third-order valence-corrected chi connectivity index (χ3v) is 6.12. The Labute approximate surface area is 189 Å². The van der Waals surface area contributed by atoms with Crippen LogP contribution in [0.15, 0.2) is 48.5 Å². The Kier molecular flexibility index (Phi) is 4.41. The van der Waals surface area contributed by atoms with Gasteiger partial charge in [0.05, 0.1) is 29.1 Å². The first kappa shape index (κ1) is 19.5. The highest BCUT2D eigenvalue weighted by atomic mass is 16.3. The van der Waals surface area contributed by atoms with Gasteiger partial charge in [0.25, 0.3) is 5.91 Å². The summed E-state index contributed by atoms with van der Waals surface area (Å²) in [6.45, 7) is 0.472. The summed E-state index contributed by atoms with van der Waals surface area (Å²) in [6.07, 6.45) is 1.20. The summed E-state index contributed by atoms with van der Waals surface area (Å²) in [4.78, 5) is 27.5. The Bertz CT molecular complexity index is 1410. The van der Waals surface area contributed by atoms with E-state index in [0.29, 0.717) is 41.7 Å². The number of carbonyl (C=O) groups excluding carboxylic acids is 1. The van der Waals surface area contributed by atoms with Crippen molar-refractivity contribution < 1.29 is 9.90 Å². The third-order valence-electron chi connectivity index (χ3n) is 6.12. The fourth-order valence-corrected chi connectivity index (χ4v) is 4.42. The van der Waals surface area contributed by atoms with Gasteiger partial charge < -0.3 is 24.9 Å². The third kappa shape index (κ3) is 3.41. The molecular formula is C24H21N7O2. The van der Waals surface area contributed by atoms with Crippen LogP contribution in [0, 0.1) is 11.3 Å². The molecule has 1 aliphatic heterocycles. The molecule has 164 valence electrons. The number of hydrogen-bond acceptors (Lipinski definition) is 6. The highest BCUT2D eigenvalue weighted by molar-refractivity contribution is 5.99. The molecule has 9 heteroatoms. The van der Waals surface area contributed by atoms with Crippen molar-refractivity contribution in [3.63, 3.8) is 0 Å². The maximum absolute atomic E-state index is 13.0. The number of imidazole rings is 2. The lowest BCUT2D eigenvalue weighted by Gasteiger charge is -2.33. The largest absolute Gasteiger partial charge is 0.356 e. The molecule has 33 heavy (non-hydrogen) atoms. The Morgan fingerprint density at radius 2 is 1.97 bits per heavy atom. The average Bonchev–Trinajstić information content (AvgIpc) is 3.47. The quantitative estimate of drug-likeness (QED) is 0.438. The Morgan fingerprint density at radius 1 is 1.15 bits per heavy atom. The van der Waals surface area contributed by atoms with Crippen molar-refractivity contribution in [3.8, 4) is 6.07 Å². The number of carbonyl (C=O) groups is 1. The van der Waals surface area contributed by atoms with Crippen LogP contribution in [-0.4, -0.2) is 42.9 Å². The van der Waals surface area contributed by atoms with Gasteiger partial charge in [-0.2, -0.15) is 5.26 Å². The van der Waals surface area contributed by atoms with Crippen molar-refractivity contribution in [2.45, 2.75) is 38.2 Å². The second kappa shape index (κ2) is 7.46. The van der Waals surface area contributed by atoms with Crippen LogP contribution in [0.5, 0.6) is 0 Å². The number of nitrogens with zero attached hydrogens (tertiary/aromatic N) is 5. The van der Waals surface area contributed by atoms with Crippen LogP contribution in [0.1, 0.15) is 46.1 Å². The SMILES string of the molecule is N#Cc1ccc2nc(Cc3nc4c(n3Cc3ccccc3)C(=O)NC(O)N4C3CC3)[nH]c2c1. The first-order valence-electron chi connectivity index (χ1n) is 10.9. The van der Waals surface area contributed by atoms with E-state index in [2.05, 4.69) is 21.4 Å². The molecule has 6 rings (SSSR count). The van der Waals surface area contributed by atoms with Crippen LogP contribution < -0.4 is 10.2 Å². The molecule has 1 amide bonds. The predicted molar refractivity (Wildman–Crippen MR) is 120 cm³/mol. The number of fused-ring (bicyclic) bond motifs is 2. The molecule has 0 spiro atoms. The van der Waals surface area contributed by atoms with E-state index in [-0.39, 0.29) is 11.9 Å². The summed E-state index contributed by atoms with van der Waals surface area (Å²) in [5, 5.41) is 22.4. The minimum absolute atomic E-state index is 0.169. The molecule has 1 saturated carbocycles. The molecule has 2 aliphatic rings. The molecule has 0 radical (unpaired) electrons. The van der Waals surface area contributed by atoms with Crippen molar-refractivity contribution in [3.05, 3.63) is 77.0 Å². The molecule has 0 saturated heterocycles. The first-order chi connectivity index (χ1) is 16.1. The fourth-order valence-electron chi connectivity index (χ4n) is 4.42. The van der Waals surface area contributed by atoms with E-state index >= 15 is 0 Å². The molecular weight excluding hydrogens is 418 g/mol.